The molecule has 0 aromatic heterocycles. The van der Waals surface area contributed by atoms with E-state index in [0.29, 0.717) is 0 Å². The second kappa shape index (κ2) is 3.90. The summed E-state index contributed by atoms with van der Waals surface area (Å²) in [5, 5.41) is 13.0. The minimum absolute atomic E-state index is 0.757. The molecule has 72 valence electrons. The van der Waals surface area contributed by atoms with Gasteiger partial charge in [-0.1, -0.05) is 24.3 Å². The van der Waals surface area contributed by atoms with Crippen molar-refractivity contribution in [2.24, 2.45) is 0 Å². The number of hydrogen-bond donors (Lipinski definition) is 2. The van der Waals surface area contributed by atoms with E-state index in [0.717, 1.165) is 17.7 Å². The van der Waals surface area contributed by atoms with Crippen molar-refractivity contribution >= 4 is 0 Å². The highest BCUT2D eigenvalue weighted by molar-refractivity contribution is 5.31. The molecule has 0 saturated carbocycles. The monoisotopic (exact) mass is 179 g/mol. The predicted octanol–water partition coefficient (Wildman–Crippen LogP) is 1.63. The van der Waals surface area contributed by atoms with Gasteiger partial charge in [0.15, 0.2) is 0 Å². The Labute approximate surface area is 79.6 Å². The van der Waals surface area contributed by atoms with Gasteiger partial charge in [-0.25, -0.2) is 0 Å². The fourth-order valence-electron chi connectivity index (χ4n) is 1.46. The lowest BCUT2D eigenvalue weighted by atomic mass is 9.93. The van der Waals surface area contributed by atoms with Crippen LogP contribution in [0.15, 0.2) is 24.3 Å². The topological polar surface area (TPSA) is 32.3 Å². The summed E-state index contributed by atoms with van der Waals surface area (Å²) in [7, 11) is 1.90. The summed E-state index contributed by atoms with van der Waals surface area (Å²) >= 11 is 0. The van der Waals surface area contributed by atoms with Crippen LogP contribution in [0, 0.1) is 0 Å². The van der Waals surface area contributed by atoms with E-state index in [-0.39, 0.29) is 0 Å². The lowest BCUT2D eigenvalue weighted by Gasteiger charge is -2.21. The molecule has 0 radical (unpaired) electrons. The molecule has 0 fully saturated rings. The van der Waals surface area contributed by atoms with E-state index >= 15 is 0 Å². The third-order valence-electron chi connectivity index (χ3n) is 2.04. The van der Waals surface area contributed by atoms with Crippen LogP contribution in [0.4, 0.5) is 0 Å². The second-order valence-corrected chi connectivity index (χ2v) is 3.75. The summed E-state index contributed by atoms with van der Waals surface area (Å²) in [6.45, 7) is 4.41. The van der Waals surface area contributed by atoms with E-state index in [1.807, 2.05) is 45.2 Å². The molecule has 1 aromatic rings. The SMILES string of the molecule is CNCc1ccccc1C(C)(C)O. The van der Waals surface area contributed by atoms with Crippen molar-refractivity contribution in [3.8, 4) is 0 Å². The van der Waals surface area contributed by atoms with Crippen molar-refractivity contribution in [2.75, 3.05) is 7.05 Å². The molecule has 0 saturated heterocycles. The normalized spacial score (nSPS) is 11.7. The molecule has 2 nitrogen and oxygen atoms in total. The van der Waals surface area contributed by atoms with Crippen LogP contribution in [0.1, 0.15) is 25.0 Å². The van der Waals surface area contributed by atoms with E-state index in [9.17, 15) is 5.11 Å². The Bertz CT molecular complexity index is 276. The molecule has 0 aliphatic carbocycles. The highest BCUT2D eigenvalue weighted by Gasteiger charge is 2.18. The summed E-state index contributed by atoms with van der Waals surface area (Å²) in [6.07, 6.45) is 0. The number of aliphatic hydroxyl groups is 1. The first-order chi connectivity index (χ1) is 6.05. The molecular weight excluding hydrogens is 162 g/mol. The second-order valence-electron chi connectivity index (χ2n) is 3.75. The first-order valence-corrected chi connectivity index (χ1v) is 4.51. The Morgan fingerprint density at radius 1 is 1.31 bits per heavy atom. The van der Waals surface area contributed by atoms with Crippen molar-refractivity contribution in [1.82, 2.24) is 5.32 Å². The molecule has 0 atom stereocenters. The van der Waals surface area contributed by atoms with Gasteiger partial charge < -0.3 is 10.4 Å². The van der Waals surface area contributed by atoms with Crippen LogP contribution >= 0.6 is 0 Å². The molecular formula is C11H17NO. The molecule has 0 aliphatic heterocycles. The van der Waals surface area contributed by atoms with Crippen LogP contribution in [0.25, 0.3) is 0 Å². The molecule has 0 heterocycles. The van der Waals surface area contributed by atoms with Gasteiger partial charge in [0.25, 0.3) is 0 Å². The molecule has 0 unspecified atom stereocenters. The van der Waals surface area contributed by atoms with E-state index in [2.05, 4.69) is 5.32 Å². The summed E-state index contributed by atoms with van der Waals surface area (Å²) in [5.41, 5.74) is 1.38. The summed E-state index contributed by atoms with van der Waals surface area (Å²) in [6, 6.07) is 7.94. The molecule has 0 aliphatic rings. The zero-order valence-corrected chi connectivity index (χ0v) is 8.46. The zero-order valence-electron chi connectivity index (χ0n) is 8.46. The van der Waals surface area contributed by atoms with E-state index in [1.165, 1.54) is 0 Å². The minimum atomic E-state index is -0.757. The van der Waals surface area contributed by atoms with Gasteiger partial charge in [-0.3, -0.25) is 0 Å². The molecule has 1 aromatic carbocycles. The van der Waals surface area contributed by atoms with Crippen molar-refractivity contribution in [1.29, 1.82) is 0 Å². The van der Waals surface area contributed by atoms with Gasteiger partial charge in [0, 0.05) is 6.54 Å². The van der Waals surface area contributed by atoms with E-state index in [1.54, 1.807) is 0 Å². The molecule has 2 heteroatoms. The van der Waals surface area contributed by atoms with Crippen LogP contribution in [0.2, 0.25) is 0 Å². The fourth-order valence-corrected chi connectivity index (χ4v) is 1.46. The number of rotatable bonds is 3. The summed E-state index contributed by atoms with van der Waals surface area (Å²) < 4.78 is 0. The van der Waals surface area contributed by atoms with Gasteiger partial charge in [0.1, 0.15) is 0 Å². The molecule has 0 amide bonds. The number of nitrogens with one attached hydrogen (secondary N) is 1. The maximum Gasteiger partial charge on any atom is 0.0843 e. The van der Waals surface area contributed by atoms with Crippen LogP contribution in [0.5, 0.6) is 0 Å². The Hall–Kier alpha value is -0.860. The van der Waals surface area contributed by atoms with Crippen LogP contribution in [-0.2, 0) is 12.1 Å². The van der Waals surface area contributed by atoms with Gasteiger partial charge in [-0.2, -0.15) is 0 Å². The fraction of sp³-hybridized carbons (Fsp3) is 0.455. The lowest BCUT2D eigenvalue weighted by Crippen LogP contribution is -2.20. The Kier molecular flexibility index (Phi) is 3.07. The van der Waals surface area contributed by atoms with Crippen molar-refractivity contribution in [2.45, 2.75) is 26.0 Å². The first kappa shape index (κ1) is 10.2. The van der Waals surface area contributed by atoms with Crippen molar-refractivity contribution in [3.05, 3.63) is 35.4 Å². The molecule has 2 N–H and O–H groups in total. The Morgan fingerprint density at radius 2 is 1.92 bits per heavy atom. The molecule has 0 bridgehead atoms. The Balaban J connectivity index is 3.05. The third-order valence-corrected chi connectivity index (χ3v) is 2.04. The highest BCUT2D eigenvalue weighted by atomic mass is 16.3. The average Bonchev–Trinajstić information content (AvgIpc) is 2.04. The zero-order chi connectivity index (χ0) is 9.90. The maximum absolute atomic E-state index is 9.87. The average molecular weight is 179 g/mol. The molecule has 1 rings (SSSR count). The predicted molar refractivity (Wildman–Crippen MR) is 54.5 cm³/mol. The maximum atomic E-state index is 9.87. The van der Waals surface area contributed by atoms with Crippen LogP contribution < -0.4 is 5.32 Å². The first-order valence-electron chi connectivity index (χ1n) is 4.51. The van der Waals surface area contributed by atoms with Gasteiger partial charge in [-0.15, -0.1) is 0 Å². The van der Waals surface area contributed by atoms with E-state index in [4.69, 9.17) is 0 Å². The lowest BCUT2D eigenvalue weighted by molar-refractivity contribution is 0.0775. The van der Waals surface area contributed by atoms with Crippen molar-refractivity contribution < 1.29 is 5.11 Å². The van der Waals surface area contributed by atoms with Crippen molar-refractivity contribution in [3.63, 3.8) is 0 Å². The van der Waals surface area contributed by atoms with Gasteiger partial charge >= 0.3 is 0 Å². The molecule has 0 spiro atoms. The molecule has 13 heavy (non-hydrogen) atoms. The quantitative estimate of drug-likeness (QED) is 0.739. The van der Waals surface area contributed by atoms with Gasteiger partial charge in [0.05, 0.1) is 5.60 Å². The van der Waals surface area contributed by atoms with E-state index < -0.39 is 5.60 Å². The van der Waals surface area contributed by atoms with Gasteiger partial charge in [-0.05, 0) is 32.0 Å². The number of hydrogen-bond acceptors (Lipinski definition) is 2. The largest absolute Gasteiger partial charge is 0.386 e. The van der Waals surface area contributed by atoms with Crippen LogP contribution in [0.3, 0.4) is 0 Å². The van der Waals surface area contributed by atoms with Gasteiger partial charge in [0.2, 0.25) is 0 Å². The third kappa shape index (κ3) is 2.54. The standard InChI is InChI=1S/C11H17NO/c1-11(2,13)10-7-5-4-6-9(10)8-12-3/h4-7,12-13H,8H2,1-3H3. The minimum Gasteiger partial charge on any atom is -0.386 e. The Morgan fingerprint density at radius 3 is 2.46 bits per heavy atom. The smallest absolute Gasteiger partial charge is 0.0843 e. The summed E-state index contributed by atoms with van der Waals surface area (Å²) in [4.78, 5) is 0. The van der Waals surface area contributed by atoms with Crippen LogP contribution in [-0.4, -0.2) is 12.2 Å². The highest BCUT2D eigenvalue weighted by Crippen LogP contribution is 2.23. The summed E-state index contributed by atoms with van der Waals surface area (Å²) in [5.74, 6) is 0. The number of benzene rings is 1.